The highest BCUT2D eigenvalue weighted by Crippen LogP contribution is 2.46. The van der Waals surface area contributed by atoms with Gasteiger partial charge >= 0.3 is 0 Å². The molecule has 0 bridgehead atoms. The first-order valence-corrected chi connectivity index (χ1v) is 10.2. The number of hydrogen-bond donors (Lipinski definition) is 1. The second kappa shape index (κ2) is 9.12. The second-order valence-electron chi connectivity index (χ2n) is 7.33. The molecule has 170 valence electrons. The molecule has 8 nitrogen and oxygen atoms in total. The molecule has 1 atom stereocenters. The van der Waals surface area contributed by atoms with E-state index in [1.165, 1.54) is 32.5 Å². The van der Waals surface area contributed by atoms with Gasteiger partial charge in [-0.15, -0.1) is 0 Å². The average Bonchev–Trinajstić information content (AvgIpc) is 3.45. The normalized spacial score (nSPS) is 17.3. The molecule has 1 saturated heterocycles. The number of likely N-dealkylation sites (tertiary alicyclic amines) is 1. The van der Waals surface area contributed by atoms with Crippen LogP contribution in [-0.2, 0) is 16.1 Å². The second-order valence-corrected chi connectivity index (χ2v) is 7.33. The monoisotopic (exact) mass is 449 g/mol. The van der Waals surface area contributed by atoms with Crippen molar-refractivity contribution in [3.63, 3.8) is 0 Å². The van der Waals surface area contributed by atoms with E-state index in [0.29, 0.717) is 34.1 Å². The Bertz CT molecular complexity index is 1170. The summed E-state index contributed by atoms with van der Waals surface area (Å²) < 4.78 is 21.7. The lowest BCUT2D eigenvalue weighted by Crippen LogP contribution is -2.29. The molecule has 33 heavy (non-hydrogen) atoms. The number of nitrogens with zero attached hydrogens (tertiary/aromatic N) is 1. The van der Waals surface area contributed by atoms with Gasteiger partial charge in [-0.2, -0.15) is 0 Å². The molecule has 4 rings (SSSR count). The van der Waals surface area contributed by atoms with Crippen LogP contribution in [0.15, 0.2) is 70.9 Å². The predicted molar refractivity (Wildman–Crippen MR) is 119 cm³/mol. The molecule has 2 heterocycles. The number of ketones is 1. The van der Waals surface area contributed by atoms with Gasteiger partial charge in [-0.05, 0) is 29.8 Å². The summed E-state index contributed by atoms with van der Waals surface area (Å²) in [6.45, 7) is 0.0322. The third kappa shape index (κ3) is 3.91. The lowest BCUT2D eigenvalue weighted by Gasteiger charge is -2.26. The van der Waals surface area contributed by atoms with E-state index >= 15 is 0 Å². The van der Waals surface area contributed by atoms with Gasteiger partial charge in [0.15, 0.2) is 11.5 Å². The molecular formula is C25H23NO7. The Morgan fingerprint density at radius 1 is 0.970 bits per heavy atom. The van der Waals surface area contributed by atoms with Crippen molar-refractivity contribution in [1.29, 1.82) is 0 Å². The maximum atomic E-state index is 13.1. The average molecular weight is 449 g/mol. The number of amides is 1. The Balaban J connectivity index is 1.94. The quantitative estimate of drug-likeness (QED) is 0.332. The van der Waals surface area contributed by atoms with Crippen molar-refractivity contribution in [2.75, 3.05) is 21.3 Å². The van der Waals surface area contributed by atoms with Crippen molar-refractivity contribution >= 4 is 17.4 Å². The first-order chi connectivity index (χ1) is 16.0. The van der Waals surface area contributed by atoms with Gasteiger partial charge in [0.05, 0.1) is 45.8 Å². The number of hydrogen-bond acceptors (Lipinski definition) is 7. The lowest BCUT2D eigenvalue weighted by atomic mass is 9.94. The SMILES string of the molecule is COc1cc(C2C(=C(O)c3ccccc3)C(=O)C(=O)N2Cc2ccco2)cc(OC)c1OC. The first-order valence-electron chi connectivity index (χ1n) is 10.2. The Morgan fingerprint density at radius 2 is 1.64 bits per heavy atom. The summed E-state index contributed by atoms with van der Waals surface area (Å²) in [5.41, 5.74) is 0.894. The van der Waals surface area contributed by atoms with Crippen molar-refractivity contribution in [3.05, 3.63) is 83.3 Å². The smallest absolute Gasteiger partial charge is 0.296 e. The number of carbonyl (C=O) groups excluding carboxylic acids is 2. The van der Waals surface area contributed by atoms with Gasteiger partial charge in [-0.25, -0.2) is 0 Å². The molecule has 0 spiro atoms. The number of furan rings is 1. The van der Waals surface area contributed by atoms with Gasteiger partial charge < -0.3 is 28.6 Å². The Morgan fingerprint density at radius 3 is 2.18 bits per heavy atom. The fourth-order valence-corrected chi connectivity index (χ4v) is 3.97. The van der Waals surface area contributed by atoms with E-state index in [0.717, 1.165) is 0 Å². The highest BCUT2D eigenvalue weighted by atomic mass is 16.5. The molecule has 1 amide bonds. The summed E-state index contributed by atoms with van der Waals surface area (Å²) in [5, 5.41) is 11.1. The third-order valence-electron chi connectivity index (χ3n) is 5.50. The summed E-state index contributed by atoms with van der Waals surface area (Å²) in [6, 6.07) is 14.4. The highest BCUT2D eigenvalue weighted by molar-refractivity contribution is 6.46. The van der Waals surface area contributed by atoms with E-state index in [2.05, 4.69) is 0 Å². The Hall–Kier alpha value is -4.20. The molecule has 1 unspecified atom stereocenters. The maximum absolute atomic E-state index is 13.1. The highest BCUT2D eigenvalue weighted by Gasteiger charge is 2.47. The topological polar surface area (TPSA) is 98.4 Å². The van der Waals surface area contributed by atoms with Crippen LogP contribution in [0.3, 0.4) is 0 Å². The van der Waals surface area contributed by atoms with E-state index in [-0.39, 0.29) is 17.9 Å². The van der Waals surface area contributed by atoms with Gasteiger partial charge in [0, 0.05) is 5.56 Å². The summed E-state index contributed by atoms with van der Waals surface area (Å²) in [4.78, 5) is 27.6. The number of aliphatic hydroxyl groups is 1. The van der Waals surface area contributed by atoms with Crippen molar-refractivity contribution in [2.24, 2.45) is 0 Å². The van der Waals surface area contributed by atoms with E-state index in [4.69, 9.17) is 18.6 Å². The number of rotatable bonds is 7. The van der Waals surface area contributed by atoms with Crippen LogP contribution in [0.1, 0.15) is 22.9 Å². The molecule has 0 aliphatic carbocycles. The minimum atomic E-state index is -0.913. The van der Waals surface area contributed by atoms with E-state index in [1.54, 1.807) is 54.6 Å². The van der Waals surface area contributed by atoms with Crippen molar-refractivity contribution in [3.8, 4) is 17.2 Å². The number of ether oxygens (including phenoxy) is 3. The zero-order chi connectivity index (χ0) is 23.5. The molecule has 1 aliphatic heterocycles. The number of Topliss-reactive ketones (excluding diaryl/α,β-unsaturated/α-hetero) is 1. The molecule has 8 heteroatoms. The largest absolute Gasteiger partial charge is 0.507 e. The lowest BCUT2D eigenvalue weighted by molar-refractivity contribution is -0.140. The molecule has 0 radical (unpaired) electrons. The van der Waals surface area contributed by atoms with Crippen molar-refractivity contribution in [1.82, 2.24) is 4.90 Å². The summed E-state index contributed by atoms with van der Waals surface area (Å²) in [6.07, 6.45) is 1.49. The summed E-state index contributed by atoms with van der Waals surface area (Å²) in [7, 11) is 4.44. The number of methoxy groups -OCH3 is 3. The summed E-state index contributed by atoms with van der Waals surface area (Å²) in [5.74, 6) is -0.229. The molecular weight excluding hydrogens is 426 g/mol. The van der Waals surface area contributed by atoms with Crippen molar-refractivity contribution in [2.45, 2.75) is 12.6 Å². The molecule has 0 saturated carbocycles. The number of carbonyl (C=O) groups is 2. The van der Waals surface area contributed by atoms with Crippen molar-refractivity contribution < 1.29 is 33.3 Å². The van der Waals surface area contributed by atoms with E-state index in [1.807, 2.05) is 0 Å². The maximum Gasteiger partial charge on any atom is 0.296 e. The van der Waals surface area contributed by atoms with Crippen LogP contribution in [-0.4, -0.2) is 43.0 Å². The zero-order valence-electron chi connectivity index (χ0n) is 18.4. The zero-order valence-corrected chi connectivity index (χ0v) is 18.4. The molecule has 1 N–H and O–H groups in total. The first kappa shape index (κ1) is 22.0. The van der Waals surface area contributed by atoms with Crippen LogP contribution in [0.5, 0.6) is 17.2 Å². The standard InChI is InChI=1S/C25H23NO7/c1-30-18-12-16(13-19(31-2)24(18)32-3)21-20(22(27)15-8-5-4-6-9-15)23(28)25(29)26(21)14-17-10-7-11-33-17/h4-13,21,27H,14H2,1-3H3. The minimum Gasteiger partial charge on any atom is -0.507 e. The Labute approximate surface area is 190 Å². The van der Waals surface area contributed by atoms with Gasteiger partial charge in [0.25, 0.3) is 11.7 Å². The number of aliphatic hydroxyl groups excluding tert-OH is 1. The molecule has 1 aromatic heterocycles. The van der Waals surface area contributed by atoms with Gasteiger partial charge in [0.2, 0.25) is 5.75 Å². The van der Waals surface area contributed by atoms with Crippen LogP contribution in [0.25, 0.3) is 5.76 Å². The molecule has 2 aromatic carbocycles. The Kier molecular flexibility index (Phi) is 6.08. The van der Waals surface area contributed by atoms with Gasteiger partial charge in [0.1, 0.15) is 11.5 Å². The fourth-order valence-electron chi connectivity index (χ4n) is 3.97. The third-order valence-corrected chi connectivity index (χ3v) is 5.50. The van der Waals surface area contributed by atoms with Crippen LogP contribution in [0.4, 0.5) is 0 Å². The van der Waals surface area contributed by atoms with Gasteiger partial charge in [-0.3, -0.25) is 9.59 Å². The minimum absolute atomic E-state index is 0.0322. The summed E-state index contributed by atoms with van der Waals surface area (Å²) >= 11 is 0. The molecule has 1 aliphatic rings. The van der Waals surface area contributed by atoms with E-state index < -0.39 is 17.7 Å². The molecule has 3 aromatic rings. The van der Waals surface area contributed by atoms with Crippen LogP contribution in [0.2, 0.25) is 0 Å². The van der Waals surface area contributed by atoms with Crippen LogP contribution >= 0.6 is 0 Å². The fraction of sp³-hybridized carbons (Fsp3) is 0.200. The number of benzene rings is 2. The van der Waals surface area contributed by atoms with Crippen LogP contribution < -0.4 is 14.2 Å². The van der Waals surface area contributed by atoms with Gasteiger partial charge in [-0.1, -0.05) is 30.3 Å². The molecule has 1 fully saturated rings. The van der Waals surface area contributed by atoms with Crippen LogP contribution in [0, 0.1) is 0 Å². The van der Waals surface area contributed by atoms with E-state index in [9.17, 15) is 14.7 Å². The predicted octanol–water partition coefficient (Wildman–Crippen LogP) is 3.93.